The predicted molar refractivity (Wildman–Crippen MR) is 118 cm³/mol. The van der Waals surface area contributed by atoms with Crippen molar-refractivity contribution in [2.24, 2.45) is 5.92 Å². The van der Waals surface area contributed by atoms with Gasteiger partial charge in [0, 0.05) is 42.9 Å². The average molecular weight is 464 g/mol. The maximum atomic E-state index is 13.3. The Morgan fingerprint density at radius 1 is 1.09 bits per heavy atom. The molecule has 32 heavy (non-hydrogen) atoms. The van der Waals surface area contributed by atoms with Crippen molar-refractivity contribution in [1.29, 1.82) is 0 Å². The molecule has 0 spiro atoms. The summed E-state index contributed by atoms with van der Waals surface area (Å²) >= 11 is 6.00. The summed E-state index contributed by atoms with van der Waals surface area (Å²) in [6.07, 6.45) is -2.11. The third-order valence-electron chi connectivity index (χ3n) is 6.70. The molecule has 0 aromatic heterocycles. The molecule has 2 aromatic rings. The second-order valence-corrected chi connectivity index (χ2v) is 9.49. The Hall–Kier alpha value is -2.25. The van der Waals surface area contributed by atoms with E-state index in [1.165, 1.54) is 6.07 Å². The Balaban J connectivity index is 1.41. The highest BCUT2D eigenvalue weighted by Gasteiger charge is 2.43. The molecule has 0 radical (unpaired) electrons. The van der Waals surface area contributed by atoms with Crippen molar-refractivity contribution >= 4 is 23.2 Å². The number of carbonyl (C=O) groups is 1. The summed E-state index contributed by atoms with van der Waals surface area (Å²) in [7, 11) is 0. The van der Waals surface area contributed by atoms with E-state index < -0.39 is 11.7 Å². The molecule has 3 aliphatic rings. The zero-order valence-corrected chi connectivity index (χ0v) is 18.3. The summed E-state index contributed by atoms with van der Waals surface area (Å²) in [6, 6.07) is 11.8. The van der Waals surface area contributed by atoms with Gasteiger partial charge in [-0.25, -0.2) is 0 Å². The Morgan fingerprint density at radius 2 is 1.84 bits per heavy atom. The molecule has 2 atom stereocenters. The number of anilines is 1. The largest absolute Gasteiger partial charge is 0.416 e. The van der Waals surface area contributed by atoms with E-state index in [9.17, 15) is 18.0 Å². The third kappa shape index (κ3) is 4.46. The SMILES string of the molecule is O=C(NC1CC1)[C@H]1Cc2cc(C(F)(F)F)ccc2N2CCN(Cc3ccc(Cl)cc3)C[C@H]12. The number of nitrogens with zero attached hydrogens (tertiary/aromatic N) is 2. The lowest BCUT2D eigenvalue weighted by molar-refractivity contribution is -0.137. The lowest BCUT2D eigenvalue weighted by atomic mass is 9.82. The number of nitrogens with one attached hydrogen (secondary N) is 1. The fraction of sp³-hybridized carbons (Fsp3) is 0.458. The van der Waals surface area contributed by atoms with Gasteiger partial charge in [0.15, 0.2) is 0 Å². The van der Waals surface area contributed by atoms with Crippen LogP contribution in [0.4, 0.5) is 18.9 Å². The van der Waals surface area contributed by atoms with Crippen LogP contribution in [0.1, 0.15) is 29.5 Å². The number of hydrogen-bond acceptors (Lipinski definition) is 3. The zero-order valence-electron chi connectivity index (χ0n) is 17.5. The molecular formula is C24H25ClF3N3O. The average Bonchev–Trinajstić information content (AvgIpc) is 3.57. The van der Waals surface area contributed by atoms with Crippen molar-refractivity contribution in [3.05, 3.63) is 64.2 Å². The first kappa shape index (κ1) is 21.6. The van der Waals surface area contributed by atoms with Gasteiger partial charge >= 0.3 is 6.18 Å². The van der Waals surface area contributed by atoms with Crippen molar-refractivity contribution in [3.8, 4) is 0 Å². The van der Waals surface area contributed by atoms with Crippen molar-refractivity contribution in [2.75, 3.05) is 24.5 Å². The van der Waals surface area contributed by atoms with Gasteiger partial charge in [0.05, 0.1) is 17.5 Å². The fourth-order valence-corrected chi connectivity index (χ4v) is 5.01. The van der Waals surface area contributed by atoms with Crippen LogP contribution in [-0.4, -0.2) is 42.5 Å². The highest BCUT2D eigenvalue weighted by Crippen LogP contribution is 2.40. The van der Waals surface area contributed by atoms with Gasteiger partial charge in [0.2, 0.25) is 5.91 Å². The summed E-state index contributed by atoms with van der Waals surface area (Å²) in [5.74, 6) is -0.418. The first-order valence-corrected chi connectivity index (χ1v) is 11.4. The van der Waals surface area contributed by atoms with Gasteiger partial charge in [-0.05, 0) is 60.7 Å². The molecule has 8 heteroatoms. The normalized spacial score (nSPS) is 23.4. The number of amides is 1. The smallest absolute Gasteiger partial charge is 0.365 e. The second-order valence-electron chi connectivity index (χ2n) is 9.06. The standard InChI is InChI=1S/C24H25ClF3N3O/c25-18-4-1-15(2-5-18)13-30-9-10-31-21-8-3-17(24(26,27)28)11-16(21)12-20(22(31)14-30)23(32)29-19-6-7-19/h1-5,8,11,19-20,22H,6-7,9-10,12-14H2,(H,29,32)/t20-,22+/m0/s1. The number of rotatable bonds is 4. The van der Waals surface area contributed by atoms with Gasteiger partial charge in [-0.1, -0.05) is 23.7 Å². The molecule has 170 valence electrons. The molecule has 0 bridgehead atoms. The van der Waals surface area contributed by atoms with Gasteiger partial charge in [0.1, 0.15) is 0 Å². The molecule has 2 aromatic carbocycles. The molecular weight excluding hydrogens is 439 g/mol. The maximum Gasteiger partial charge on any atom is 0.416 e. The molecule has 2 heterocycles. The lowest BCUT2D eigenvalue weighted by Crippen LogP contribution is -2.61. The number of benzene rings is 2. The topological polar surface area (TPSA) is 35.6 Å². The fourth-order valence-electron chi connectivity index (χ4n) is 4.89. The van der Waals surface area contributed by atoms with E-state index in [1.807, 2.05) is 24.3 Å². The molecule has 0 unspecified atom stereocenters. The van der Waals surface area contributed by atoms with Gasteiger partial charge < -0.3 is 10.2 Å². The summed E-state index contributed by atoms with van der Waals surface area (Å²) in [5, 5.41) is 3.77. The minimum absolute atomic E-state index is 0.0427. The maximum absolute atomic E-state index is 13.3. The summed E-state index contributed by atoms with van der Waals surface area (Å²) in [4.78, 5) is 17.6. The van der Waals surface area contributed by atoms with Gasteiger partial charge in [-0.2, -0.15) is 13.2 Å². The van der Waals surface area contributed by atoms with Crippen LogP contribution in [0.15, 0.2) is 42.5 Å². The Kier molecular flexibility index (Phi) is 5.58. The van der Waals surface area contributed by atoms with Crippen LogP contribution in [0.5, 0.6) is 0 Å². The van der Waals surface area contributed by atoms with E-state index in [2.05, 4.69) is 15.1 Å². The first-order chi connectivity index (χ1) is 15.3. The molecule has 5 rings (SSSR count). The van der Waals surface area contributed by atoms with E-state index in [0.717, 1.165) is 43.2 Å². The van der Waals surface area contributed by atoms with E-state index >= 15 is 0 Å². The van der Waals surface area contributed by atoms with Crippen molar-refractivity contribution in [2.45, 2.75) is 44.1 Å². The highest BCUT2D eigenvalue weighted by atomic mass is 35.5. The Labute approximate surface area is 190 Å². The monoisotopic (exact) mass is 463 g/mol. The lowest BCUT2D eigenvalue weighted by Gasteiger charge is -2.49. The number of carbonyl (C=O) groups excluding carboxylic acids is 1. The summed E-state index contributed by atoms with van der Waals surface area (Å²) < 4.78 is 39.9. The molecule has 1 saturated carbocycles. The number of hydrogen-bond donors (Lipinski definition) is 1. The molecule has 4 nitrogen and oxygen atoms in total. The number of halogens is 4. The third-order valence-corrected chi connectivity index (χ3v) is 6.96. The first-order valence-electron chi connectivity index (χ1n) is 11.0. The number of piperazine rings is 1. The van der Waals surface area contributed by atoms with E-state index in [1.54, 1.807) is 6.07 Å². The van der Waals surface area contributed by atoms with Crippen LogP contribution in [0.3, 0.4) is 0 Å². The Bertz CT molecular complexity index is 1010. The second kappa shape index (κ2) is 8.27. The molecule has 1 N–H and O–H groups in total. The summed E-state index contributed by atoms with van der Waals surface area (Å²) in [6.45, 7) is 2.88. The molecule has 2 aliphatic heterocycles. The van der Waals surface area contributed by atoms with Crippen LogP contribution in [-0.2, 0) is 23.9 Å². The van der Waals surface area contributed by atoms with Gasteiger partial charge in [-0.3, -0.25) is 9.69 Å². The quantitative estimate of drug-likeness (QED) is 0.725. The minimum atomic E-state index is -4.39. The molecule has 2 fully saturated rings. The predicted octanol–water partition coefficient (Wildman–Crippen LogP) is 4.50. The number of fused-ring (bicyclic) bond motifs is 3. The molecule has 1 amide bonds. The van der Waals surface area contributed by atoms with Crippen molar-refractivity contribution < 1.29 is 18.0 Å². The van der Waals surface area contributed by atoms with Crippen LogP contribution in [0, 0.1) is 5.92 Å². The van der Waals surface area contributed by atoms with Crippen LogP contribution in [0.25, 0.3) is 0 Å². The van der Waals surface area contributed by atoms with Crippen molar-refractivity contribution in [3.63, 3.8) is 0 Å². The summed E-state index contributed by atoms with van der Waals surface area (Å²) in [5.41, 5.74) is 1.92. The van der Waals surface area contributed by atoms with Gasteiger partial charge in [-0.15, -0.1) is 0 Å². The zero-order chi connectivity index (χ0) is 22.5. The van der Waals surface area contributed by atoms with Crippen molar-refractivity contribution in [1.82, 2.24) is 10.2 Å². The van der Waals surface area contributed by atoms with E-state index in [0.29, 0.717) is 30.1 Å². The van der Waals surface area contributed by atoms with Crippen LogP contribution < -0.4 is 10.2 Å². The van der Waals surface area contributed by atoms with Crippen LogP contribution in [0.2, 0.25) is 5.02 Å². The highest BCUT2D eigenvalue weighted by molar-refractivity contribution is 6.30. The van der Waals surface area contributed by atoms with Gasteiger partial charge in [0.25, 0.3) is 0 Å². The molecule has 1 saturated heterocycles. The van der Waals surface area contributed by atoms with Crippen LogP contribution >= 0.6 is 11.6 Å². The minimum Gasteiger partial charge on any atom is -0.365 e. The van der Waals surface area contributed by atoms with E-state index in [-0.39, 0.29) is 23.9 Å². The molecule has 1 aliphatic carbocycles. The van der Waals surface area contributed by atoms with E-state index in [4.69, 9.17) is 11.6 Å². The number of alkyl halides is 3. The Morgan fingerprint density at radius 3 is 2.53 bits per heavy atom.